The quantitative estimate of drug-likeness (QED) is 0.136. The summed E-state index contributed by atoms with van der Waals surface area (Å²) in [5.74, 6) is 0.465. The minimum Gasteiger partial charge on any atom is -0.508 e. The average Bonchev–Trinajstić information content (AvgIpc) is 2.88. The molecule has 7 nitrogen and oxygen atoms in total. The highest BCUT2D eigenvalue weighted by atomic mass is 127. The van der Waals surface area contributed by atoms with Gasteiger partial charge in [-0.15, -0.1) is 0 Å². The smallest absolute Gasteiger partial charge is 0.320 e. The number of phenols is 1. The van der Waals surface area contributed by atoms with E-state index in [1.165, 1.54) is 0 Å². The number of carbonyl (C=O) groups is 1. The Hall–Kier alpha value is -3.03. The number of rotatable bonds is 7. The highest BCUT2D eigenvalue weighted by Crippen LogP contribution is 2.33. The summed E-state index contributed by atoms with van der Waals surface area (Å²) in [6.45, 7) is 0. The molecule has 4 aromatic rings. The van der Waals surface area contributed by atoms with Crippen molar-refractivity contribution in [1.29, 1.82) is 0 Å². The minimum absolute atomic E-state index is 0.176. The van der Waals surface area contributed by atoms with Gasteiger partial charge in [-0.1, -0.05) is 36.4 Å². The molecule has 36 heavy (non-hydrogen) atoms. The van der Waals surface area contributed by atoms with Crippen LogP contribution in [0.4, 0.5) is 11.4 Å². The zero-order valence-corrected chi connectivity index (χ0v) is 23.3. The molecule has 4 N–H and O–H groups in total. The molecule has 0 fully saturated rings. The molecule has 0 radical (unpaired) electrons. The Morgan fingerprint density at radius 1 is 0.833 bits per heavy atom. The summed E-state index contributed by atoms with van der Waals surface area (Å²) < 4.78 is 7.56. The number of nitrogens with zero attached hydrogens (tertiary/aromatic N) is 2. The second-order valence-electron chi connectivity index (χ2n) is 7.50. The van der Waals surface area contributed by atoms with Crippen LogP contribution >= 0.6 is 45.2 Å². The van der Waals surface area contributed by atoms with Crippen molar-refractivity contribution in [2.24, 2.45) is 16.0 Å². The van der Waals surface area contributed by atoms with Crippen LogP contribution in [0.15, 0.2) is 107 Å². The number of phenolic OH excluding ortho intramolecular Hbond substituents is 1. The SMILES string of the molecule is NC(Cc1cc(I)c(Oc2ccc(O)cc2)c(I)c1)C(=O)O.c1ccc(/N=N/c2ccccc2)cc1. The molecule has 0 aliphatic heterocycles. The topological polar surface area (TPSA) is 118 Å². The fourth-order valence-electron chi connectivity index (χ4n) is 2.91. The maximum Gasteiger partial charge on any atom is 0.320 e. The Bertz CT molecular complexity index is 1240. The summed E-state index contributed by atoms with van der Waals surface area (Å²) >= 11 is 4.28. The maximum absolute atomic E-state index is 10.8. The lowest BCUT2D eigenvalue weighted by molar-refractivity contribution is -0.138. The molecule has 0 spiro atoms. The number of hydrogen-bond acceptors (Lipinski definition) is 6. The summed E-state index contributed by atoms with van der Waals surface area (Å²) in [5.41, 5.74) is 8.16. The summed E-state index contributed by atoms with van der Waals surface area (Å²) in [4.78, 5) is 10.8. The third-order valence-corrected chi connectivity index (χ3v) is 6.28. The van der Waals surface area contributed by atoms with Gasteiger partial charge in [-0.05, 0) is 118 Å². The van der Waals surface area contributed by atoms with Crippen molar-refractivity contribution in [2.75, 3.05) is 0 Å². The first-order chi connectivity index (χ1) is 17.3. The fourth-order valence-corrected chi connectivity index (χ4v) is 5.02. The summed E-state index contributed by atoms with van der Waals surface area (Å²) in [6, 6.07) is 28.6. The third kappa shape index (κ3) is 8.88. The van der Waals surface area contributed by atoms with Gasteiger partial charge in [0.15, 0.2) is 5.75 Å². The minimum atomic E-state index is -1.02. The van der Waals surface area contributed by atoms with Gasteiger partial charge in [0, 0.05) is 0 Å². The number of aromatic hydroxyl groups is 1. The predicted molar refractivity (Wildman–Crippen MR) is 156 cm³/mol. The second kappa shape index (κ2) is 13.9. The van der Waals surface area contributed by atoms with Crippen LogP contribution in [-0.4, -0.2) is 22.2 Å². The van der Waals surface area contributed by atoms with Gasteiger partial charge in [0.1, 0.15) is 17.5 Å². The van der Waals surface area contributed by atoms with E-state index < -0.39 is 12.0 Å². The van der Waals surface area contributed by atoms with Gasteiger partial charge in [-0.2, -0.15) is 10.2 Å². The monoisotopic (exact) mass is 707 g/mol. The Morgan fingerprint density at radius 2 is 1.31 bits per heavy atom. The molecule has 4 aromatic carbocycles. The first-order valence-corrected chi connectivity index (χ1v) is 12.9. The number of carboxylic acids is 1. The molecule has 184 valence electrons. The molecule has 0 saturated carbocycles. The van der Waals surface area contributed by atoms with Crippen LogP contribution < -0.4 is 10.5 Å². The van der Waals surface area contributed by atoms with Gasteiger partial charge in [-0.3, -0.25) is 4.79 Å². The lowest BCUT2D eigenvalue weighted by Gasteiger charge is -2.13. The van der Waals surface area contributed by atoms with Gasteiger partial charge in [0.05, 0.1) is 18.5 Å². The van der Waals surface area contributed by atoms with Crippen molar-refractivity contribution >= 4 is 62.5 Å². The van der Waals surface area contributed by atoms with Crippen molar-refractivity contribution in [3.8, 4) is 17.2 Å². The average molecular weight is 707 g/mol. The number of nitrogens with two attached hydrogens (primary N) is 1. The third-order valence-electron chi connectivity index (χ3n) is 4.68. The molecular formula is C27H23I2N3O4. The molecule has 4 rings (SSSR count). The lowest BCUT2D eigenvalue weighted by atomic mass is 10.1. The Kier molecular flexibility index (Phi) is 10.6. The Balaban J connectivity index is 0.000000221. The second-order valence-corrected chi connectivity index (χ2v) is 9.83. The molecule has 0 bridgehead atoms. The Labute approximate surface area is 236 Å². The molecule has 1 atom stereocenters. The first-order valence-electron chi connectivity index (χ1n) is 10.8. The van der Waals surface area contributed by atoms with Gasteiger partial charge >= 0.3 is 5.97 Å². The van der Waals surface area contributed by atoms with Crippen molar-refractivity contribution in [1.82, 2.24) is 0 Å². The van der Waals surface area contributed by atoms with Crippen LogP contribution in [0.25, 0.3) is 0 Å². The summed E-state index contributed by atoms with van der Waals surface area (Å²) in [7, 11) is 0. The molecule has 0 saturated heterocycles. The molecule has 0 aliphatic rings. The molecule has 9 heteroatoms. The molecular weight excluding hydrogens is 684 g/mol. The lowest BCUT2D eigenvalue weighted by Crippen LogP contribution is -2.32. The molecule has 0 aliphatic carbocycles. The van der Waals surface area contributed by atoms with Crippen LogP contribution in [-0.2, 0) is 11.2 Å². The van der Waals surface area contributed by atoms with E-state index in [0.29, 0.717) is 11.5 Å². The fraction of sp³-hybridized carbons (Fsp3) is 0.0741. The molecule has 0 aromatic heterocycles. The standard InChI is InChI=1S/C15H13I2NO4.C12H10N2/c16-11-5-8(7-13(18)15(20)21)6-12(17)14(11)22-10-3-1-9(19)2-4-10;1-3-7-11(8-4-1)13-14-12-9-5-2-6-10-12/h1-6,13,19H,7,18H2,(H,20,21);1-10H/b;14-13+. The first kappa shape index (κ1) is 27.6. The van der Waals surface area contributed by atoms with Gasteiger partial charge in [-0.25, -0.2) is 0 Å². The zero-order chi connectivity index (χ0) is 25.9. The number of azo groups is 1. The van der Waals surface area contributed by atoms with E-state index in [0.717, 1.165) is 24.1 Å². The Morgan fingerprint density at radius 3 is 1.75 bits per heavy atom. The highest BCUT2D eigenvalue weighted by Gasteiger charge is 2.15. The van der Waals surface area contributed by atoms with E-state index in [2.05, 4.69) is 55.4 Å². The molecule has 0 amide bonds. The highest BCUT2D eigenvalue weighted by molar-refractivity contribution is 14.1. The van der Waals surface area contributed by atoms with Crippen LogP contribution in [0.5, 0.6) is 17.2 Å². The van der Waals surface area contributed by atoms with E-state index in [4.69, 9.17) is 15.6 Å². The van der Waals surface area contributed by atoms with Crippen molar-refractivity contribution in [3.05, 3.63) is 110 Å². The molecule has 1 unspecified atom stereocenters. The van der Waals surface area contributed by atoms with Gasteiger partial charge in [0.25, 0.3) is 0 Å². The van der Waals surface area contributed by atoms with E-state index in [1.807, 2.05) is 72.8 Å². The number of halogens is 2. The van der Waals surface area contributed by atoms with Crippen LogP contribution in [0, 0.1) is 7.14 Å². The zero-order valence-electron chi connectivity index (χ0n) is 19.0. The number of benzene rings is 4. The van der Waals surface area contributed by atoms with Crippen LogP contribution in [0.3, 0.4) is 0 Å². The molecule has 0 heterocycles. The number of ether oxygens (including phenoxy) is 1. The van der Waals surface area contributed by atoms with Crippen molar-refractivity contribution < 1.29 is 19.7 Å². The van der Waals surface area contributed by atoms with Crippen LogP contribution in [0.2, 0.25) is 0 Å². The van der Waals surface area contributed by atoms with Gasteiger partial charge in [0.2, 0.25) is 0 Å². The van der Waals surface area contributed by atoms with E-state index in [1.54, 1.807) is 24.3 Å². The van der Waals surface area contributed by atoms with E-state index in [-0.39, 0.29) is 12.2 Å². The van der Waals surface area contributed by atoms with Crippen molar-refractivity contribution in [3.63, 3.8) is 0 Å². The van der Waals surface area contributed by atoms with E-state index in [9.17, 15) is 9.90 Å². The number of carboxylic acid groups (broad SMARTS) is 1. The number of hydrogen-bond donors (Lipinski definition) is 3. The van der Waals surface area contributed by atoms with Crippen molar-refractivity contribution in [2.45, 2.75) is 12.5 Å². The summed E-state index contributed by atoms with van der Waals surface area (Å²) in [5, 5.41) is 26.4. The van der Waals surface area contributed by atoms with E-state index >= 15 is 0 Å². The van der Waals surface area contributed by atoms with Crippen LogP contribution in [0.1, 0.15) is 5.56 Å². The largest absolute Gasteiger partial charge is 0.508 e. The summed E-state index contributed by atoms with van der Waals surface area (Å²) in [6.07, 6.45) is 0.265. The number of aliphatic carboxylic acids is 1. The predicted octanol–water partition coefficient (Wildman–Crippen LogP) is 7.45. The van der Waals surface area contributed by atoms with Gasteiger partial charge < -0.3 is 20.7 Å². The maximum atomic E-state index is 10.8. The normalized spacial score (nSPS) is 11.4.